The van der Waals surface area contributed by atoms with E-state index in [-0.39, 0.29) is 4.90 Å². The Labute approximate surface area is 174 Å². The number of rotatable bonds is 5. The fourth-order valence-corrected chi connectivity index (χ4v) is 3.74. The summed E-state index contributed by atoms with van der Waals surface area (Å²) in [5.41, 5.74) is 4.72. The zero-order valence-electron chi connectivity index (χ0n) is 15.4. The first-order chi connectivity index (χ1) is 13.9. The molecule has 7 heteroatoms. The van der Waals surface area contributed by atoms with E-state index in [2.05, 4.69) is 0 Å². The van der Waals surface area contributed by atoms with Crippen molar-refractivity contribution in [2.75, 3.05) is 0 Å². The molecule has 0 spiro atoms. The van der Waals surface area contributed by atoms with Crippen molar-refractivity contribution >= 4 is 21.6 Å². The molecule has 0 atom stereocenters. The Hall–Kier alpha value is -2.93. The van der Waals surface area contributed by atoms with Crippen LogP contribution in [-0.4, -0.2) is 18.2 Å². The zero-order valence-corrected chi connectivity index (χ0v) is 16.9. The number of hydrogen-bond acceptors (Lipinski definition) is 3. The van der Waals surface area contributed by atoms with Crippen LogP contribution in [0.3, 0.4) is 0 Å². The second kappa shape index (κ2) is 7.83. The maximum absolute atomic E-state index is 11.5. The van der Waals surface area contributed by atoms with Crippen molar-refractivity contribution in [3.8, 4) is 22.5 Å². The van der Waals surface area contributed by atoms with Gasteiger partial charge in [0.1, 0.15) is 0 Å². The van der Waals surface area contributed by atoms with E-state index in [4.69, 9.17) is 21.8 Å². The van der Waals surface area contributed by atoms with Crippen LogP contribution in [0.2, 0.25) is 5.02 Å². The lowest BCUT2D eigenvalue weighted by molar-refractivity contribution is 0.597. The molecule has 146 valence electrons. The van der Waals surface area contributed by atoms with Crippen molar-refractivity contribution in [1.29, 1.82) is 0 Å². The maximum atomic E-state index is 11.5. The lowest BCUT2D eigenvalue weighted by Gasteiger charge is -2.09. The molecule has 1 aromatic heterocycles. The fourth-order valence-electron chi connectivity index (χ4n) is 3.10. The van der Waals surface area contributed by atoms with Crippen LogP contribution < -0.4 is 5.14 Å². The van der Waals surface area contributed by atoms with Crippen LogP contribution in [0.25, 0.3) is 22.5 Å². The highest BCUT2D eigenvalue weighted by Gasteiger charge is 2.13. The summed E-state index contributed by atoms with van der Waals surface area (Å²) in [7, 11) is -3.71. The van der Waals surface area contributed by atoms with Crippen molar-refractivity contribution < 1.29 is 8.42 Å². The lowest BCUT2D eigenvalue weighted by Crippen LogP contribution is -2.12. The number of nitrogens with zero attached hydrogens (tertiary/aromatic N) is 2. The number of halogens is 1. The van der Waals surface area contributed by atoms with Gasteiger partial charge in [-0.1, -0.05) is 66.2 Å². The van der Waals surface area contributed by atoms with Crippen molar-refractivity contribution in [1.82, 2.24) is 9.78 Å². The first kappa shape index (κ1) is 19.4. The minimum Gasteiger partial charge on any atom is -0.260 e. The lowest BCUT2D eigenvalue weighted by atomic mass is 10.1. The Kier molecular flexibility index (Phi) is 5.24. The van der Waals surface area contributed by atoms with Crippen molar-refractivity contribution in [3.63, 3.8) is 0 Å². The van der Waals surface area contributed by atoms with Gasteiger partial charge in [0.15, 0.2) is 0 Å². The molecule has 0 aliphatic heterocycles. The van der Waals surface area contributed by atoms with Crippen molar-refractivity contribution in [2.24, 2.45) is 5.14 Å². The molecule has 0 aliphatic rings. The predicted octanol–water partition coefficient (Wildman–Crippen LogP) is 4.57. The molecule has 0 saturated carbocycles. The number of benzene rings is 3. The van der Waals surface area contributed by atoms with Gasteiger partial charge in [-0.25, -0.2) is 13.6 Å². The van der Waals surface area contributed by atoms with Gasteiger partial charge in [-0.2, -0.15) is 5.10 Å². The number of aromatic nitrogens is 2. The minimum atomic E-state index is -3.71. The van der Waals surface area contributed by atoms with E-state index >= 15 is 0 Å². The number of hydrogen-bond donors (Lipinski definition) is 1. The molecule has 4 rings (SSSR count). The first-order valence-corrected chi connectivity index (χ1v) is 10.8. The van der Waals surface area contributed by atoms with Crippen LogP contribution in [0, 0.1) is 0 Å². The maximum Gasteiger partial charge on any atom is 0.238 e. The smallest absolute Gasteiger partial charge is 0.238 e. The van der Waals surface area contributed by atoms with Crippen molar-refractivity contribution in [2.45, 2.75) is 11.4 Å². The number of sulfonamides is 1. The van der Waals surface area contributed by atoms with E-state index in [9.17, 15) is 8.42 Å². The second-order valence-corrected chi connectivity index (χ2v) is 8.63. The zero-order chi connectivity index (χ0) is 20.4. The van der Waals surface area contributed by atoms with Gasteiger partial charge >= 0.3 is 0 Å². The molecule has 5 nitrogen and oxygen atoms in total. The third-order valence-corrected chi connectivity index (χ3v) is 5.75. The average Bonchev–Trinajstić information content (AvgIpc) is 3.13. The minimum absolute atomic E-state index is 0.0876. The molecule has 0 bridgehead atoms. The normalized spacial score (nSPS) is 11.5. The molecule has 0 fully saturated rings. The molecule has 29 heavy (non-hydrogen) atoms. The van der Waals surface area contributed by atoms with E-state index in [1.807, 2.05) is 65.3 Å². The highest BCUT2D eigenvalue weighted by atomic mass is 35.5. The van der Waals surface area contributed by atoms with Crippen LogP contribution in [0.4, 0.5) is 0 Å². The second-order valence-electron chi connectivity index (χ2n) is 6.63. The Morgan fingerprint density at radius 1 is 0.862 bits per heavy atom. The Morgan fingerprint density at radius 2 is 1.52 bits per heavy atom. The Morgan fingerprint density at radius 3 is 2.14 bits per heavy atom. The van der Waals surface area contributed by atoms with Gasteiger partial charge < -0.3 is 0 Å². The van der Waals surface area contributed by atoms with E-state index in [0.29, 0.717) is 11.6 Å². The van der Waals surface area contributed by atoms with Crippen LogP contribution in [-0.2, 0) is 16.6 Å². The molecule has 0 aliphatic carbocycles. The summed E-state index contributed by atoms with van der Waals surface area (Å²) in [6.07, 6.45) is 0. The van der Waals surface area contributed by atoms with E-state index in [0.717, 1.165) is 28.1 Å². The molecule has 1 heterocycles. The quantitative estimate of drug-likeness (QED) is 0.510. The first-order valence-electron chi connectivity index (χ1n) is 8.91. The van der Waals surface area contributed by atoms with Gasteiger partial charge in [0, 0.05) is 10.6 Å². The van der Waals surface area contributed by atoms with E-state index < -0.39 is 10.0 Å². The largest absolute Gasteiger partial charge is 0.260 e. The molecular formula is C22H18ClN3O2S. The summed E-state index contributed by atoms with van der Waals surface area (Å²) < 4.78 is 24.9. The highest BCUT2D eigenvalue weighted by molar-refractivity contribution is 7.89. The van der Waals surface area contributed by atoms with E-state index in [1.54, 1.807) is 12.1 Å². The molecule has 0 saturated heterocycles. The average molecular weight is 424 g/mol. The van der Waals surface area contributed by atoms with E-state index in [1.165, 1.54) is 12.1 Å². The van der Waals surface area contributed by atoms with Gasteiger partial charge in [0.25, 0.3) is 0 Å². The summed E-state index contributed by atoms with van der Waals surface area (Å²) in [6.45, 7) is 0.482. The molecule has 2 N–H and O–H groups in total. The Balaban J connectivity index is 1.74. The SMILES string of the molecule is NS(=O)(=O)c1ccc(Cn2nc(-c3ccccc3)cc2-c2ccc(Cl)cc2)cc1. The van der Waals surface area contributed by atoms with Gasteiger partial charge in [-0.05, 0) is 41.5 Å². The molecule has 0 radical (unpaired) electrons. The third-order valence-electron chi connectivity index (χ3n) is 4.57. The standard InChI is InChI=1S/C22H18ClN3O2S/c23-19-10-8-18(9-11-19)22-14-21(17-4-2-1-3-5-17)25-26(22)15-16-6-12-20(13-7-16)29(24,27)28/h1-14H,15H2,(H2,24,27,28). The van der Waals surface area contributed by atoms with Crippen LogP contribution >= 0.6 is 11.6 Å². The van der Waals surface area contributed by atoms with Gasteiger partial charge in [0.05, 0.1) is 22.8 Å². The summed E-state index contributed by atoms with van der Waals surface area (Å²) in [5, 5.41) is 10.6. The molecular weight excluding hydrogens is 406 g/mol. The molecule has 0 unspecified atom stereocenters. The topological polar surface area (TPSA) is 78.0 Å². The van der Waals surface area contributed by atoms with Crippen LogP contribution in [0.15, 0.2) is 89.8 Å². The van der Waals surface area contributed by atoms with Crippen LogP contribution in [0.1, 0.15) is 5.56 Å². The fraction of sp³-hybridized carbons (Fsp3) is 0.0455. The number of nitrogens with two attached hydrogens (primary N) is 1. The monoisotopic (exact) mass is 423 g/mol. The number of primary sulfonamides is 1. The predicted molar refractivity (Wildman–Crippen MR) is 115 cm³/mol. The third kappa shape index (κ3) is 4.40. The molecule has 3 aromatic carbocycles. The van der Waals surface area contributed by atoms with Crippen molar-refractivity contribution in [3.05, 3.63) is 95.5 Å². The summed E-state index contributed by atoms with van der Waals surface area (Å²) >= 11 is 6.04. The summed E-state index contributed by atoms with van der Waals surface area (Å²) in [4.78, 5) is 0.0876. The van der Waals surface area contributed by atoms with Gasteiger partial charge in [-0.15, -0.1) is 0 Å². The molecule has 4 aromatic rings. The summed E-state index contributed by atoms with van der Waals surface area (Å²) in [5.74, 6) is 0. The van der Waals surface area contributed by atoms with Gasteiger partial charge in [-0.3, -0.25) is 4.68 Å². The summed E-state index contributed by atoms with van der Waals surface area (Å²) in [6, 6.07) is 26.1. The molecule has 0 amide bonds. The Bertz CT molecular complexity index is 1230. The highest BCUT2D eigenvalue weighted by Crippen LogP contribution is 2.28. The van der Waals surface area contributed by atoms with Gasteiger partial charge in [0.2, 0.25) is 10.0 Å². The van der Waals surface area contributed by atoms with Crippen LogP contribution in [0.5, 0.6) is 0 Å².